The zero-order valence-corrected chi connectivity index (χ0v) is 11.9. The van der Waals surface area contributed by atoms with Crippen molar-refractivity contribution in [2.45, 2.75) is 32.1 Å². The summed E-state index contributed by atoms with van der Waals surface area (Å²) < 4.78 is 77.3. The molecule has 0 spiro atoms. The van der Waals surface area contributed by atoms with Crippen LogP contribution >= 0.6 is 0 Å². The van der Waals surface area contributed by atoms with Crippen molar-refractivity contribution in [2.75, 3.05) is 23.7 Å². The van der Waals surface area contributed by atoms with Gasteiger partial charge in [0, 0.05) is 18.8 Å². The predicted molar refractivity (Wildman–Crippen MR) is 71.6 cm³/mol. The normalized spacial score (nSPS) is 17.9. The molecule has 0 saturated carbocycles. The van der Waals surface area contributed by atoms with Crippen LogP contribution < -0.4 is 10.6 Å². The second-order valence-corrected chi connectivity index (χ2v) is 5.53. The Kier molecular flexibility index (Phi) is 4.23. The van der Waals surface area contributed by atoms with Gasteiger partial charge in [0.1, 0.15) is 0 Å². The van der Waals surface area contributed by atoms with E-state index in [-0.39, 0.29) is 37.3 Å². The minimum absolute atomic E-state index is 0.0737. The van der Waals surface area contributed by atoms with E-state index in [1.807, 2.05) is 0 Å². The van der Waals surface area contributed by atoms with Gasteiger partial charge in [0.25, 0.3) is 0 Å². The number of aryl methyl sites for hydroxylation is 1. The number of rotatable bonds is 1. The van der Waals surface area contributed by atoms with Gasteiger partial charge in [-0.3, -0.25) is 0 Å². The van der Waals surface area contributed by atoms with Gasteiger partial charge >= 0.3 is 12.4 Å². The van der Waals surface area contributed by atoms with Crippen molar-refractivity contribution in [1.29, 1.82) is 0 Å². The fourth-order valence-electron chi connectivity index (χ4n) is 2.65. The second-order valence-electron chi connectivity index (χ2n) is 5.53. The fraction of sp³-hybridized carbons (Fsp3) is 0.571. The lowest BCUT2D eigenvalue weighted by Crippen LogP contribution is -2.39. The van der Waals surface area contributed by atoms with E-state index in [2.05, 4.69) is 0 Å². The number of anilines is 2. The lowest BCUT2D eigenvalue weighted by atomic mass is 9.95. The van der Waals surface area contributed by atoms with E-state index in [0.717, 1.165) is 6.07 Å². The molecule has 1 aliphatic heterocycles. The van der Waals surface area contributed by atoms with Crippen LogP contribution in [-0.2, 0) is 6.18 Å². The van der Waals surface area contributed by atoms with Crippen molar-refractivity contribution in [3.05, 3.63) is 23.3 Å². The summed E-state index contributed by atoms with van der Waals surface area (Å²) in [6.45, 7) is 1.32. The molecule has 0 radical (unpaired) electrons. The van der Waals surface area contributed by atoms with Crippen molar-refractivity contribution >= 4 is 11.4 Å². The van der Waals surface area contributed by atoms with Gasteiger partial charge in [0.05, 0.1) is 17.2 Å². The van der Waals surface area contributed by atoms with Crippen LogP contribution in [0.2, 0.25) is 0 Å². The third-order valence-corrected chi connectivity index (χ3v) is 3.99. The van der Waals surface area contributed by atoms with Gasteiger partial charge in [-0.15, -0.1) is 0 Å². The molecule has 0 amide bonds. The maximum absolute atomic E-state index is 13.1. The number of nitrogens with zero attached hydrogens (tertiary/aromatic N) is 1. The molecule has 0 aromatic heterocycles. The second kappa shape index (κ2) is 5.55. The molecule has 1 aromatic carbocycles. The smallest absolute Gasteiger partial charge is 0.398 e. The molecule has 0 aliphatic carbocycles. The van der Waals surface area contributed by atoms with Gasteiger partial charge in [-0.1, -0.05) is 0 Å². The number of benzene rings is 1. The molecule has 1 aromatic rings. The van der Waals surface area contributed by atoms with E-state index in [1.165, 1.54) is 17.9 Å². The average Bonchev–Trinajstić information content (AvgIpc) is 2.39. The third-order valence-electron chi connectivity index (χ3n) is 3.99. The Morgan fingerprint density at radius 3 is 2.05 bits per heavy atom. The van der Waals surface area contributed by atoms with E-state index in [1.54, 1.807) is 0 Å². The first-order valence-electron chi connectivity index (χ1n) is 6.79. The molecule has 0 bridgehead atoms. The van der Waals surface area contributed by atoms with Gasteiger partial charge in [0.15, 0.2) is 0 Å². The Bertz CT molecular complexity index is 541. The summed E-state index contributed by atoms with van der Waals surface area (Å²) in [6.07, 6.45) is -9.30. The highest BCUT2D eigenvalue weighted by atomic mass is 19.4. The summed E-state index contributed by atoms with van der Waals surface area (Å²) in [7, 11) is 0. The van der Waals surface area contributed by atoms with Crippen LogP contribution in [0.25, 0.3) is 0 Å². The summed E-state index contributed by atoms with van der Waals surface area (Å²) in [5, 5.41) is 0. The molecule has 1 fully saturated rings. The minimum Gasteiger partial charge on any atom is -0.398 e. The number of hydrogen-bond acceptors (Lipinski definition) is 2. The van der Waals surface area contributed by atoms with Crippen LogP contribution in [0.1, 0.15) is 24.0 Å². The van der Waals surface area contributed by atoms with E-state index >= 15 is 0 Å². The first-order chi connectivity index (χ1) is 10.00. The zero-order chi connectivity index (χ0) is 16.7. The van der Waals surface area contributed by atoms with E-state index in [4.69, 9.17) is 5.73 Å². The van der Waals surface area contributed by atoms with Crippen LogP contribution in [0.3, 0.4) is 0 Å². The lowest BCUT2D eigenvalue weighted by molar-refractivity contribution is -0.179. The number of nitrogen functional groups attached to an aromatic ring is 1. The molecular formula is C14H16F6N2. The van der Waals surface area contributed by atoms with Gasteiger partial charge in [-0.2, -0.15) is 26.3 Å². The molecule has 8 heteroatoms. The van der Waals surface area contributed by atoms with Gasteiger partial charge in [-0.25, -0.2) is 0 Å². The average molecular weight is 326 g/mol. The summed E-state index contributed by atoms with van der Waals surface area (Å²) in [5.41, 5.74) is 5.15. The molecular weight excluding hydrogens is 310 g/mol. The zero-order valence-electron chi connectivity index (χ0n) is 11.9. The Labute approximate surface area is 123 Å². The molecule has 124 valence electrons. The number of nitrogens with two attached hydrogens (primary N) is 1. The molecule has 1 aliphatic rings. The topological polar surface area (TPSA) is 29.3 Å². The fourth-order valence-corrected chi connectivity index (χ4v) is 2.65. The summed E-state index contributed by atoms with van der Waals surface area (Å²) in [4.78, 5) is 1.33. The molecule has 0 unspecified atom stereocenters. The molecule has 2 nitrogen and oxygen atoms in total. The quantitative estimate of drug-likeness (QED) is 0.613. The van der Waals surface area contributed by atoms with Gasteiger partial charge in [0.2, 0.25) is 0 Å². The summed E-state index contributed by atoms with van der Waals surface area (Å²) in [6, 6.07) is 2.15. The highest BCUT2D eigenvalue weighted by molar-refractivity contribution is 5.65. The van der Waals surface area contributed by atoms with Crippen molar-refractivity contribution in [3.8, 4) is 0 Å². The Balaban J connectivity index is 2.29. The van der Waals surface area contributed by atoms with Crippen molar-refractivity contribution in [1.82, 2.24) is 0 Å². The summed E-state index contributed by atoms with van der Waals surface area (Å²) in [5.74, 6) is -1.46. The maximum Gasteiger partial charge on any atom is 0.418 e. The van der Waals surface area contributed by atoms with Crippen LogP contribution in [-0.4, -0.2) is 19.3 Å². The minimum atomic E-state index is -4.57. The first-order valence-corrected chi connectivity index (χ1v) is 6.79. The van der Waals surface area contributed by atoms with E-state index < -0.39 is 23.8 Å². The number of hydrogen-bond donors (Lipinski definition) is 1. The maximum atomic E-state index is 13.1. The van der Waals surface area contributed by atoms with Crippen LogP contribution in [0.5, 0.6) is 0 Å². The van der Waals surface area contributed by atoms with Gasteiger partial charge in [-0.05, 0) is 37.5 Å². The monoisotopic (exact) mass is 326 g/mol. The SMILES string of the molecule is Cc1cc(C(F)(F)F)c(N2CCC(C(F)(F)F)CC2)cc1N. The molecule has 2 rings (SSSR count). The largest absolute Gasteiger partial charge is 0.418 e. The van der Waals surface area contributed by atoms with Crippen LogP contribution in [0.15, 0.2) is 12.1 Å². The Hall–Kier alpha value is -1.60. The highest BCUT2D eigenvalue weighted by Gasteiger charge is 2.42. The standard InChI is InChI=1S/C14H16F6N2/c1-8-6-10(14(18,19)20)12(7-11(8)21)22-4-2-9(3-5-22)13(15,16)17/h6-7,9H,2-5,21H2,1H3. The lowest BCUT2D eigenvalue weighted by Gasteiger charge is -2.36. The first kappa shape index (κ1) is 16.8. The molecule has 2 N–H and O–H groups in total. The van der Waals surface area contributed by atoms with E-state index in [9.17, 15) is 26.3 Å². The molecule has 1 heterocycles. The molecule has 0 atom stereocenters. The van der Waals surface area contributed by atoms with Crippen LogP contribution in [0.4, 0.5) is 37.7 Å². The number of halogens is 6. The van der Waals surface area contributed by atoms with Crippen molar-refractivity contribution in [2.24, 2.45) is 5.92 Å². The molecule has 1 saturated heterocycles. The molecule has 22 heavy (non-hydrogen) atoms. The van der Waals surface area contributed by atoms with Crippen molar-refractivity contribution in [3.63, 3.8) is 0 Å². The number of piperidine rings is 1. The van der Waals surface area contributed by atoms with Crippen molar-refractivity contribution < 1.29 is 26.3 Å². The third kappa shape index (κ3) is 3.41. The highest BCUT2D eigenvalue weighted by Crippen LogP contribution is 2.41. The summed E-state index contributed by atoms with van der Waals surface area (Å²) >= 11 is 0. The number of alkyl halides is 6. The Morgan fingerprint density at radius 1 is 1.05 bits per heavy atom. The van der Waals surface area contributed by atoms with Crippen LogP contribution in [0, 0.1) is 12.8 Å². The van der Waals surface area contributed by atoms with Gasteiger partial charge < -0.3 is 10.6 Å². The predicted octanol–water partition coefficient (Wildman–Crippen LogP) is 4.37. The van der Waals surface area contributed by atoms with E-state index in [0.29, 0.717) is 5.56 Å². The Morgan fingerprint density at radius 2 is 1.59 bits per heavy atom.